The number of hydrogen-bond donors (Lipinski definition) is 1. The molecule has 2 aromatic rings. The molecule has 0 saturated heterocycles. The molecule has 90 valence electrons. The van der Waals surface area contributed by atoms with Gasteiger partial charge >= 0.3 is 12.0 Å². The van der Waals surface area contributed by atoms with Gasteiger partial charge in [0.15, 0.2) is 5.82 Å². The first-order chi connectivity index (χ1) is 8.21. The van der Waals surface area contributed by atoms with Crippen molar-refractivity contribution in [2.24, 2.45) is 7.05 Å². The zero-order valence-electron chi connectivity index (χ0n) is 9.71. The Balaban J connectivity index is 2.25. The summed E-state index contributed by atoms with van der Waals surface area (Å²) in [6.45, 7) is 0. The molecule has 0 fully saturated rings. The zero-order valence-corrected chi connectivity index (χ0v) is 9.71. The van der Waals surface area contributed by atoms with Crippen molar-refractivity contribution in [1.29, 1.82) is 0 Å². The van der Waals surface area contributed by atoms with Crippen LogP contribution in [-0.4, -0.2) is 39.0 Å². The van der Waals surface area contributed by atoms with Gasteiger partial charge in [-0.15, -0.1) is 4.98 Å². The number of methoxy groups -OCH3 is 2. The first-order valence-electron chi connectivity index (χ1n) is 4.82. The third-order valence-electron chi connectivity index (χ3n) is 1.91. The van der Waals surface area contributed by atoms with E-state index in [4.69, 9.17) is 9.47 Å². The summed E-state index contributed by atoms with van der Waals surface area (Å²) in [6, 6.07) is 2.15. The number of hydrogen-bond acceptors (Lipinski definition) is 7. The Kier molecular flexibility index (Phi) is 3.03. The normalized spacial score (nSPS) is 10.1. The van der Waals surface area contributed by atoms with Crippen LogP contribution in [0.4, 0.5) is 11.8 Å². The van der Waals surface area contributed by atoms with Gasteiger partial charge in [0, 0.05) is 19.3 Å². The van der Waals surface area contributed by atoms with Crippen molar-refractivity contribution in [2.75, 3.05) is 19.5 Å². The Morgan fingerprint density at radius 3 is 2.24 bits per heavy atom. The van der Waals surface area contributed by atoms with E-state index in [1.165, 1.54) is 14.2 Å². The molecule has 0 aliphatic carbocycles. The fourth-order valence-electron chi connectivity index (χ4n) is 1.17. The molecule has 0 aromatic carbocycles. The van der Waals surface area contributed by atoms with E-state index >= 15 is 0 Å². The van der Waals surface area contributed by atoms with Crippen molar-refractivity contribution in [3.05, 3.63) is 12.3 Å². The predicted octanol–water partition coefficient (Wildman–Crippen LogP) is 0.366. The van der Waals surface area contributed by atoms with Crippen molar-refractivity contribution in [2.45, 2.75) is 0 Å². The summed E-state index contributed by atoms with van der Waals surface area (Å²) in [5.74, 6) is 0.940. The third-order valence-corrected chi connectivity index (χ3v) is 1.91. The Hall–Kier alpha value is -2.38. The second kappa shape index (κ2) is 4.64. The first kappa shape index (κ1) is 11.1. The van der Waals surface area contributed by atoms with Crippen molar-refractivity contribution in [1.82, 2.24) is 24.7 Å². The summed E-state index contributed by atoms with van der Waals surface area (Å²) in [4.78, 5) is 11.9. The summed E-state index contributed by atoms with van der Waals surface area (Å²) >= 11 is 0. The molecule has 0 spiro atoms. The number of rotatable bonds is 4. The van der Waals surface area contributed by atoms with Crippen molar-refractivity contribution < 1.29 is 9.47 Å². The van der Waals surface area contributed by atoms with E-state index in [1.807, 2.05) is 7.05 Å². The minimum atomic E-state index is 0.176. The highest BCUT2D eigenvalue weighted by atomic mass is 16.5. The van der Waals surface area contributed by atoms with Gasteiger partial charge in [0.25, 0.3) is 0 Å². The van der Waals surface area contributed by atoms with Crippen LogP contribution in [0.5, 0.6) is 12.0 Å². The van der Waals surface area contributed by atoms with Gasteiger partial charge in [-0.1, -0.05) is 0 Å². The van der Waals surface area contributed by atoms with E-state index < -0.39 is 0 Å². The van der Waals surface area contributed by atoms with Gasteiger partial charge in [-0.3, -0.25) is 4.68 Å². The molecule has 0 saturated carbocycles. The van der Waals surface area contributed by atoms with E-state index in [2.05, 4.69) is 25.4 Å². The van der Waals surface area contributed by atoms with Crippen LogP contribution < -0.4 is 14.8 Å². The number of aromatic nitrogens is 5. The summed E-state index contributed by atoms with van der Waals surface area (Å²) < 4.78 is 11.5. The smallest absolute Gasteiger partial charge is 0.324 e. The minimum absolute atomic E-state index is 0.176. The van der Waals surface area contributed by atoms with E-state index in [-0.39, 0.29) is 12.0 Å². The molecule has 2 heterocycles. The maximum absolute atomic E-state index is 4.93. The van der Waals surface area contributed by atoms with Crippen LogP contribution in [0.2, 0.25) is 0 Å². The van der Waals surface area contributed by atoms with Gasteiger partial charge in [-0.25, -0.2) is 0 Å². The monoisotopic (exact) mass is 236 g/mol. The molecule has 17 heavy (non-hydrogen) atoms. The lowest BCUT2D eigenvalue weighted by Gasteiger charge is -2.05. The van der Waals surface area contributed by atoms with Crippen LogP contribution in [0.25, 0.3) is 0 Å². The van der Waals surface area contributed by atoms with Gasteiger partial charge in [0.1, 0.15) is 0 Å². The summed E-state index contributed by atoms with van der Waals surface area (Å²) in [6.07, 6.45) is 1.80. The Bertz CT molecular complexity index is 490. The first-order valence-corrected chi connectivity index (χ1v) is 4.82. The molecule has 0 amide bonds. The third kappa shape index (κ3) is 2.60. The number of nitrogens with zero attached hydrogens (tertiary/aromatic N) is 5. The lowest BCUT2D eigenvalue weighted by atomic mass is 10.6. The number of anilines is 2. The maximum atomic E-state index is 4.93. The number of nitrogens with one attached hydrogen (secondary N) is 1. The van der Waals surface area contributed by atoms with E-state index in [9.17, 15) is 0 Å². The molecule has 8 heteroatoms. The standard InChI is InChI=1S/C9H12N6O2/c1-15-5-4-6(14-15)10-7-11-8(16-2)13-9(12-7)17-3/h4-5H,1-3H3,(H,10,11,12,13,14). The largest absolute Gasteiger partial charge is 0.467 e. The molecular formula is C9H12N6O2. The molecule has 0 unspecified atom stereocenters. The van der Waals surface area contributed by atoms with Gasteiger partial charge in [0.05, 0.1) is 14.2 Å². The molecule has 8 nitrogen and oxygen atoms in total. The predicted molar refractivity (Wildman–Crippen MR) is 59.4 cm³/mol. The summed E-state index contributed by atoms with van der Waals surface area (Å²) in [5, 5.41) is 7.06. The lowest BCUT2D eigenvalue weighted by molar-refractivity contribution is 0.341. The van der Waals surface area contributed by atoms with Crippen molar-refractivity contribution >= 4 is 11.8 Å². The summed E-state index contributed by atoms with van der Waals surface area (Å²) in [7, 11) is 4.76. The van der Waals surface area contributed by atoms with E-state index in [0.29, 0.717) is 11.8 Å². The van der Waals surface area contributed by atoms with Crippen LogP contribution in [0.15, 0.2) is 12.3 Å². The zero-order chi connectivity index (χ0) is 12.3. The van der Waals surface area contributed by atoms with Crippen LogP contribution in [-0.2, 0) is 7.05 Å². The van der Waals surface area contributed by atoms with Gasteiger partial charge in [-0.05, 0) is 0 Å². The second-order valence-electron chi connectivity index (χ2n) is 3.13. The van der Waals surface area contributed by atoms with Crippen LogP contribution in [0.3, 0.4) is 0 Å². The average molecular weight is 236 g/mol. The molecule has 2 aromatic heterocycles. The Labute approximate surface area is 97.6 Å². The van der Waals surface area contributed by atoms with Gasteiger partial charge < -0.3 is 14.8 Å². The van der Waals surface area contributed by atoms with Gasteiger partial charge in [0.2, 0.25) is 5.95 Å². The quantitative estimate of drug-likeness (QED) is 0.820. The van der Waals surface area contributed by atoms with Crippen LogP contribution in [0, 0.1) is 0 Å². The molecule has 0 aliphatic heterocycles. The highest BCUT2D eigenvalue weighted by Crippen LogP contribution is 2.15. The Morgan fingerprint density at radius 2 is 1.76 bits per heavy atom. The fourth-order valence-corrected chi connectivity index (χ4v) is 1.17. The van der Waals surface area contributed by atoms with E-state index in [0.717, 1.165) is 0 Å². The van der Waals surface area contributed by atoms with E-state index in [1.54, 1.807) is 16.9 Å². The molecule has 1 N–H and O–H groups in total. The Morgan fingerprint density at radius 1 is 1.12 bits per heavy atom. The molecule has 0 aliphatic rings. The van der Waals surface area contributed by atoms with Gasteiger partial charge in [-0.2, -0.15) is 15.1 Å². The molecule has 2 rings (SSSR count). The van der Waals surface area contributed by atoms with Crippen LogP contribution >= 0.6 is 0 Å². The number of aryl methyl sites for hydroxylation is 1. The molecule has 0 atom stereocenters. The van der Waals surface area contributed by atoms with Crippen molar-refractivity contribution in [3.63, 3.8) is 0 Å². The average Bonchev–Trinajstić information content (AvgIpc) is 2.74. The summed E-state index contributed by atoms with van der Waals surface area (Å²) in [5.41, 5.74) is 0. The highest BCUT2D eigenvalue weighted by Gasteiger charge is 2.08. The fraction of sp³-hybridized carbons (Fsp3) is 0.333. The van der Waals surface area contributed by atoms with Crippen molar-refractivity contribution in [3.8, 4) is 12.0 Å². The SMILES string of the molecule is COc1nc(Nc2ccn(C)n2)nc(OC)n1. The lowest BCUT2D eigenvalue weighted by Crippen LogP contribution is -2.04. The minimum Gasteiger partial charge on any atom is -0.467 e. The van der Waals surface area contributed by atoms with Crippen LogP contribution in [0.1, 0.15) is 0 Å². The highest BCUT2D eigenvalue weighted by molar-refractivity contribution is 5.47. The second-order valence-corrected chi connectivity index (χ2v) is 3.13. The number of ether oxygens (including phenoxy) is 2. The maximum Gasteiger partial charge on any atom is 0.324 e. The molecule has 0 radical (unpaired) electrons. The molecule has 0 bridgehead atoms. The molecular weight excluding hydrogens is 224 g/mol. The topological polar surface area (TPSA) is 87.0 Å².